The van der Waals surface area contributed by atoms with Gasteiger partial charge in [-0.1, -0.05) is 81.4 Å². The molecular weight excluding hydrogens is 332 g/mol. The van der Waals surface area contributed by atoms with E-state index in [1.807, 2.05) is 48.5 Å². The Morgan fingerprint density at radius 2 is 1.56 bits per heavy atom. The van der Waals surface area contributed by atoms with Gasteiger partial charge in [-0.05, 0) is 30.2 Å². The fourth-order valence-corrected chi connectivity index (χ4v) is 4.64. The van der Waals surface area contributed by atoms with Gasteiger partial charge in [0.05, 0.1) is 0 Å². The van der Waals surface area contributed by atoms with Gasteiger partial charge in [-0.15, -0.1) is 0 Å². The highest BCUT2D eigenvalue weighted by Crippen LogP contribution is 2.43. The molecule has 0 aliphatic heterocycles. The Morgan fingerprint density at radius 3 is 2.15 bits per heavy atom. The lowest BCUT2D eigenvalue weighted by molar-refractivity contribution is -0.133. The number of carbonyl (C=O) groups is 2. The van der Waals surface area contributed by atoms with Crippen molar-refractivity contribution >= 4 is 11.6 Å². The summed E-state index contributed by atoms with van der Waals surface area (Å²) in [6, 6.07) is 19.6. The Labute approximate surface area is 163 Å². The average molecular weight is 363 g/mol. The first kappa shape index (κ1) is 19.5. The Hall–Kier alpha value is -2.22. The van der Waals surface area contributed by atoms with Crippen LogP contribution in [-0.4, -0.2) is 11.6 Å². The van der Waals surface area contributed by atoms with Crippen LogP contribution in [0.2, 0.25) is 0 Å². The topological polar surface area (TPSA) is 34.1 Å². The standard InChI is InChI=1S/C25H30O2/c1-17(2)21-15-14-18(3)24(25(21)27)22(19-10-6-4-7-11-19)16-23(26)20-12-8-5-9-13-20/h4-13,17-18,21-22,24H,14-16H2,1-3H3/t18-,21+,22-,24-/m0/s1. The van der Waals surface area contributed by atoms with Crippen LogP contribution in [0, 0.1) is 23.7 Å². The molecule has 27 heavy (non-hydrogen) atoms. The van der Waals surface area contributed by atoms with Crippen LogP contribution in [0.15, 0.2) is 60.7 Å². The second kappa shape index (κ2) is 8.65. The van der Waals surface area contributed by atoms with Crippen LogP contribution in [-0.2, 0) is 4.79 Å². The molecule has 0 bridgehead atoms. The number of hydrogen-bond donors (Lipinski definition) is 0. The van der Waals surface area contributed by atoms with E-state index in [9.17, 15) is 9.59 Å². The fourth-order valence-electron chi connectivity index (χ4n) is 4.64. The summed E-state index contributed by atoms with van der Waals surface area (Å²) in [5, 5.41) is 0. The van der Waals surface area contributed by atoms with Crippen molar-refractivity contribution in [2.24, 2.45) is 23.7 Å². The van der Waals surface area contributed by atoms with Crippen molar-refractivity contribution in [2.75, 3.05) is 0 Å². The predicted molar refractivity (Wildman–Crippen MR) is 110 cm³/mol. The summed E-state index contributed by atoms with van der Waals surface area (Å²) in [4.78, 5) is 26.4. The molecule has 0 spiro atoms. The molecule has 0 N–H and O–H groups in total. The molecule has 1 aliphatic rings. The van der Waals surface area contributed by atoms with Crippen LogP contribution in [0.25, 0.3) is 0 Å². The van der Waals surface area contributed by atoms with Crippen LogP contribution >= 0.6 is 0 Å². The third kappa shape index (κ3) is 4.37. The van der Waals surface area contributed by atoms with Crippen LogP contribution in [0.4, 0.5) is 0 Å². The second-order valence-corrected chi connectivity index (χ2v) is 8.34. The molecule has 0 unspecified atom stereocenters. The van der Waals surface area contributed by atoms with E-state index in [0.29, 0.717) is 24.0 Å². The first-order valence-electron chi connectivity index (χ1n) is 10.2. The highest BCUT2D eigenvalue weighted by atomic mass is 16.1. The molecule has 2 aromatic rings. The van der Waals surface area contributed by atoms with Gasteiger partial charge in [0.2, 0.25) is 0 Å². The Kier molecular flexibility index (Phi) is 6.26. The maximum Gasteiger partial charge on any atom is 0.163 e. The third-order valence-corrected chi connectivity index (χ3v) is 6.21. The van der Waals surface area contributed by atoms with Gasteiger partial charge in [0, 0.05) is 29.7 Å². The van der Waals surface area contributed by atoms with Crippen LogP contribution in [0.5, 0.6) is 0 Å². The molecular formula is C25H30O2. The number of ketones is 2. The molecule has 2 nitrogen and oxygen atoms in total. The monoisotopic (exact) mass is 362 g/mol. The molecule has 1 aliphatic carbocycles. The molecule has 0 amide bonds. The molecule has 3 rings (SSSR count). The zero-order chi connectivity index (χ0) is 19.4. The third-order valence-electron chi connectivity index (χ3n) is 6.21. The van der Waals surface area contributed by atoms with E-state index < -0.39 is 0 Å². The van der Waals surface area contributed by atoms with E-state index in [0.717, 1.165) is 24.0 Å². The molecule has 0 heterocycles. The Balaban J connectivity index is 1.94. The van der Waals surface area contributed by atoms with Gasteiger partial charge in [-0.25, -0.2) is 0 Å². The lowest BCUT2D eigenvalue weighted by Gasteiger charge is -2.39. The first-order chi connectivity index (χ1) is 13.0. The molecule has 0 saturated heterocycles. The maximum absolute atomic E-state index is 13.4. The van der Waals surface area contributed by atoms with Crippen molar-refractivity contribution < 1.29 is 9.59 Å². The SMILES string of the molecule is CC(C)[C@H]1CC[C@H](C)[C@@H]([C@@H](CC(=O)c2ccccc2)c2ccccc2)C1=O. The van der Waals surface area contributed by atoms with Gasteiger partial charge in [0.1, 0.15) is 5.78 Å². The first-order valence-corrected chi connectivity index (χ1v) is 10.2. The largest absolute Gasteiger partial charge is 0.299 e. The van der Waals surface area contributed by atoms with Crippen molar-refractivity contribution in [3.8, 4) is 0 Å². The number of carbonyl (C=O) groups excluding carboxylic acids is 2. The summed E-state index contributed by atoms with van der Waals surface area (Å²) in [6.45, 7) is 6.46. The minimum absolute atomic E-state index is 0.0528. The normalized spacial score (nSPS) is 24.0. The Bertz CT molecular complexity index is 763. The van der Waals surface area contributed by atoms with Crippen molar-refractivity contribution in [3.05, 3.63) is 71.8 Å². The summed E-state index contributed by atoms with van der Waals surface area (Å²) >= 11 is 0. The average Bonchev–Trinajstić information content (AvgIpc) is 2.68. The summed E-state index contributed by atoms with van der Waals surface area (Å²) < 4.78 is 0. The molecule has 1 fully saturated rings. The van der Waals surface area contributed by atoms with E-state index in [2.05, 4.69) is 32.9 Å². The summed E-state index contributed by atoms with van der Waals surface area (Å²) in [7, 11) is 0. The van der Waals surface area contributed by atoms with E-state index in [1.165, 1.54) is 0 Å². The summed E-state index contributed by atoms with van der Waals surface area (Å²) in [5.74, 6) is 1.12. The lowest BCUT2D eigenvalue weighted by Crippen LogP contribution is -2.40. The Morgan fingerprint density at radius 1 is 0.963 bits per heavy atom. The number of Topliss-reactive ketones (excluding diaryl/α,β-unsaturated/α-hetero) is 2. The van der Waals surface area contributed by atoms with E-state index in [-0.39, 0.29) is 23.5 Å². The highest BCUT2D eigenvalue weighted by molar-refractivity contribution is 5.97. The molecule has 0 aromatic heterocycles. The number of benzene rings is 2. The van der Waals surface area contributed by atoms with Gasteiger partial charge in [-0.2, -0.15) is 0 Å². The van der Waals surface area contributed by atoms with Crippen LogP contribution in [0.1, 0.15) is 61.9 Å². The maximum atomic E-state index is 13.4. The van der Waals surface area contributed by atoms with E-state index in [4.69, 9.17) is 0 Å². The van der Waals surface area contributed by atoms with E-state index >= 15 is 0 Å². The van der Waals surface area contributed by atoms with Gasteiger partial charge in [0.25, 0.3) is 0 Å². The van der Waals surface area contributed by atoms with Gasteiger partial charge in [-0.3, -0.25) is 9.59 Å². The fraction of sp³-hybridized carbons (Fsp3) is 0.440. The molecule has 2 heteroatoms. The minimum atomic E-state index is -0.0822. The summed E-state index contributed by atoms with van der Waals surface area (Å²) in [5.41, 5.74) is 1.84. The van der Waals surface area contributed by atoms with Crippen molar-refractivity contribution in [1.82, 2.24) is 0 Å². The molecule has 0 radical (unpaired) electrons. The molecule has 1 saturated carbocycles. The molecule has 142 valence electrons. The predicted octanol–water partition coefficient (Wildman–Crippen LogP) is 5.93. The van der Waals surface area contributed by atoms with Crippen molar-refractivity contribution in [2.45, 2.75) is 46.0 Å². The highest BCUT2D eigenvalue weighted by Gasteiger charge is 2.42. The van der Waals surface area contributed by atoms with Crippen molar-refractivity contribution in [1.29, 1.82) is 0 Å². The second-order valence-electron chi connectivity index (χ2n) is 8.34. The van der Waals surface area contributed by atoms with Crippen molar-refractivity contribution in [3.63, 3.8) is 0 Å². The smallest absolute Gasteiger partial charge is 0.163 e. The van der Waals surface area contributed by atoms with Crippen LogP contribution in [0.3, 0.4) is 0 Å². The lowest BCUT2D eigenvalue weighted by atomic mass is 9.63. The molecule has 4 atom stereocenters. The summed E-state index contributed by atoms with van der Waals surface area (Å²) in [6.07, 6.45) is 2.42. The van der Waals surface area contributed by atoms with E-state index in [1.54, 1.807) is 0 Å². The minimum Gasteiger partial charge on any atom is -0.299 e. The zero-order valence-electron chi connectivity index (χ0n) is 16.6. The van der Waals surface area contributed by atoms with Gasteiger partial charge < -0.3 is 0 Å². The van der Waals surface area contributed by atoms with Crippen LogP contribution < -0.4 is 0 Å². The zero-order valence-corrected chi connectivity index (χ0v) is 16.6. The van der Waals surface area contributed by atoms with Gasteiger partial charge in [0.15, 0.2) is 5.78 Å². The number of hydrogen-bond acceptors (Lipinski definition) is 2. The number of rotatable bonds is 6. The quantitative estimate of drug-likeness (QED) is 0.597. The molecule has 2 aromatic carbocycles. The van der Waals surface area contributed by atoms with Gasteiger partial charge >= 0.3 is 0 Å².